The highest BCUT2D eigenvalue weighted by atomic mass is 16.1. The van der Waals surface area contributed by atoms with Gasteiger partial charge in [0, 0.05) is 45.2 Å². The molecule has 3 rings (SSSR count). The van der Waals surface area contributed by atoms with Crippen LogP contribution >= 0.6 is 0 Å². The lowest BCUT2D eigenvalue weighted by atomic mass is 10.1. The van der Waals surface area contributed by atoms with E-state index < -0.39 is 0 Å². The van der Waals surface area contributed by atoms with E-state index in [9.17, 15) is 4.79 Å². The fraction of sp³-hybridized carbons (Fsp3) is 0.316. The molecule has 0 aliphatic carbocycles. The molecule has 6 nitrogen and oxygen atoms in total. The molecule has 1 aromatic carbocycles. The number of hydrogen-bond acceptors (Lipinski definition) is 4. The topological polar surface area (TPSA) is 63.1 Å². The molecule has 0 aliphatic heterocycles. The fourth-order valence-corrected chi connectivity index (χ4v) is 2.69. The van der Waals surface area contributed by atoms with Crippen molar-refractivity contribution in [2.24, 2.45) is 0 Å². The zero-order valence-corrected chi connectivity index (χ0v) is 14.9. The first-order valence-corrected chi connectivity index (χ1v) is 8.34. The number of nitrogens with one attached hydrogen (secondary N) is 1. The number of aryl methyl sites for hydroxylation is 2. The molecule has 0 atom stereocenters. The zero-order chi connectivity index (χ0) is 17.8. The van der Waals surface area contributed by atoms with Gasteiger partial charge < -0.3 is 10.2 Å². The van der Waals surface area contributed by atoms with E-state index in [1.165, 1.54) is 0 Å². The van der Waals surface area contributed by atoms with Gasteiger partial charge in [-0.3, -0.25) is 9.48 Å². The van der Waals surface area contributed by atoms with Crippen LogP contribution in [0.4, 0.5) is 5.82 Å². The average molecular weight is 337 g/mol. The summed E-state index contributed by atoms with van der Waals surface area (Å²) in [6.45, 7) is 3.06. The number of amides is 1. The van der Waals surface area contributed by atoms with Crippen LogP contribution in [0, 0.1) is 6.92 Å². The largest absolute Gasteiger partial charge is 0.363 e. The van der Waals surface area contributed by atoms with Gasteiger partial charge in [0.1, 0.15) is 5.82 Å². The smallest absolute Gasteiger partial charge is 0.222 e. The molecule has 0 aliphatic rings. The van der Waals surface area contributed by atoms with Gasteiger partial charge in [-0.25, -0.2) is 4.98 Å². The fourth-order valence-electron chi connectivity index (χ4n) is 2.69. The third-order valence-electron chi connectivity index (χ3n) is 4.05. The number of rotatable bonds is 6. The second-order valence-corrected chi connectivity index (χ2v) is 6.36. The van der Waals surface area contributed by atoms with Crippen LogP contribution in [-0.4, -0.2) is 34.8 Å². The van der Waals surface area contributed by atoms with E-state index >= 15 is 0 Å². The molecule has 0 saturated heterocycles. The molecule has 3 aromatic rings. The van der Waals surface area contributed by atoms with Gasteiger partial charge in [-0.2, -0.15) is 5.10 Å². The molecule has 0 fully saturated rings. The first-order chi connectivity index (χ1) is 12.0. The van der Waals surface area contributed by atoms with Gasteiger partial charge in [0.15, 0.2) is 0 Å². The SMILES string of the molecule is Cc1cnn(CCC(=O)NCc2cc(N(C)C)nc3ccccc23)c1. The van der Waals surface area contributed by atoms with Crippen molar-refractivity contribution in [2.45, 2.75) is 26.4 Å². The number of para-hydroxylation sites is 1. The highest BCUT2D eigenvalue weighted by molar-refractivity contribution is 5.85. The first-order valence-electron chi connectivity index (χ1n) is 8.34. The summed E-state index contributed by atoms with van der Waals surface area (Å²) in [5, 5.41) is 8.27. The van der Waals surface area contributed by atoms with E-state index in [1.807, 2.05) is 62.4 Å². The number of pyridine rings is 1. The van der Waals surface area contributed by atoms with Crippen LogP contribution in [0.5, 0.6) is 0 Å². The number of benzene rings is 1. The third-order valence-corrected chi connectivity index (χ3v) is 4.05. The second-order valence-electron chi connectivity index (χ2n) is 6.36. The molecule has 2 aromatic heterocycles. The van der Waals surface area contributed by atoms with Gasteiger partial charge in [-0.15, -0.1) is 0 Å². The highest BCUT2D eigenvalue weighted by Crippen LogP contribution is 2.22. The van der Waals surface area contributed by atoms with Crippen LogP contribution in [0.3, 0.4) is 0 Å². The van der Waals surface area contributed by atoms with Crippen LogP contribution in [-0.2, 0) is 17.9 Å². The van der Waals surface area contributed by atoms with Crippen LogP contribution in [0.2, 0.25) is 0 Å². The zero-order valence-electron chi connectivity index (χ0n) is 14.9. The Morgan fingerprint density at radius 1 is 1.28 bits per heavy atom. The Balaban J connectivity index is 1.68. The summed E-state index contributed by atoms with van der Waals surface area (Å²) in [4.78, 5) is 18.8. The molecule has 1 amide bonds. The Morgan fingerprint density at radius 3 is 2.80 bits per heavy atom. The van der Waals surface area contributed by atoms with E-state index in [1.54, 1.807) is 10.9 Å². The minimum absolute atomic E-state index is 0.0143. The summed E-state index contributed by atoms with van der Waals surface area (Å²) in [6, 6.07) is 10.0. The van der Waals surface area contributed by atoms with Crippen molar-refractivity contribution in [3.05, 3.63) is 53.9 Å². The molecule has 6 heteroatoms. The van der Waals surface area contributed by atoms with Crippen molar-refractivity contribution in [1.82, 2.24) is 20.1 Å². The Bertz CT molecular complexity index is 884. The van der Waals surface area contributed by atoms with Crippen LogP contribution in [0.15, 0.2) is 42.7 Å². The van der Waals surface area contributed by atoms with Crippen LogP contribution in [0.1, 0.15) is 17.5 Å². The van der Waals surface area contributed by atoms with Crippen molar-refractivity contribution in [1.29, 1.82) is 0 Å². The number of aromatic nitrogens is 3. The quantitative estimate of drug-likeness (QED) is 0.751. The number of hydrogen-bond donors (Lipinski definition) is 1. The minimum Gasteiger partial charge on any atom is -0.363 e. The summed E-state index contributed by atoms with van der Waals surface area (Å²) >= 11 is 0. The molecule has 2 heterocycles. The monoisotopic (exact) mass is 337 g/mol. The van der Waals surface area contributed by atoms with Gasteiger partial charge >= 0.3 is 0 Å². The second kappa shape index (κ2) is 7.34. The standard InChI is InChI=1S/C19H23N5O/c1-14-11-21-24(13-14)9-8-19(25)20-12-15-10-18(23(2)3)22-17-7-5-4-6-16(15)17/h4-7,10-11,13H,8-9,12H2,1-3H3,(H,20,25). The van der Waals surface area contributed by atoms with Gasteiger partial charge in [-0.05, 0) is 30.2 Å². The number of fused-ring (bicyclic) bond motifs is 1. The maximum absolute atomic E-state index is 12.2. The van der Waals surface area contributed by atoms with Crippen molar-refractivity contribution in [3.63, 3.8) is 0 Å². The Morgan fingerprint density at radius 2 is 2.08 bits per heavy atom. The number of nitrogens with zero attached hydrogens (tertiary/aromatic N) is 4. The third kappa shape index (κ3) is 4.15. The molecule has 0 radical (unpaired) electrons. The van der Waals surface area contributed by atoms with E-state index in [4.69, 9.17) is 0 Å². The molecular weight excluding hydrogens is 314 g/mol. The van der Waals surface area contributed by atoms with Gasteiger partial charge in [0.2, 0.25) is 5.91 Å². The van der Waals surface area contributed by atoms with Crippen molar-refractivity contribution in [2.75, 3.05) is 19.0 Å². The maximum Gasteiger partial charge on any atom is 0.222 e. The van der Waals surface area contributed by atoms with Crippen LogP contribution in [0.25, 0.3) is 10.9 Å². The number of carbonyl (C=O) groups is 1. The van der Waals surface area contributed by atoms with Crippen molar-refractivity contribution >= 4 is 22.6 Å². The number of carbonyl (C=O) groups excluding carboxylic acids is 1. The van der Waals surface area contributed by atoms with E-state index in [-0.39, 0.29) is 5.91 Å². The molecule has 130 valence electrons. The van der Waals surface area contributed by atoms with Gasteiger partial charge in [-0.1, -0.05) is 18.2 Å². The van der Waals surface area contributed by atoms with Gasteiger partial charge in [0.25, 0.3) is 0 Å². The lowest BCUT2D eigenvalue weighted by molar-refractivity contribution is -0.121. The lowest BCUT2D eigenvalue weighted by Gasteiger charge is -2.15. The summed E-state index contributed by atoms with van der Waals surface area (Å²) < 4.78 is 1.79. The average Bonchev–Trinajstić information content (AvgIpc) is 3.03. The van der Waals surface area contributed by atoms with Crippen molar-refractivity contribution < 1.29 is 4.79 Å². The van der Waals surface area contributed by atoms with E-state index in [2.05, 4.69) is 15.4 Å². The Kier molecular flexibility index (Phi) is 4.97. The normalized spacial score (nSPS) is 10.8. The van der Waals surface area contributed by atoms with Gasteiger partial charge in [0.05, 0.1) is 11.7 Å². The highest BCUT2D eigenvalue weighted by Gasteiger charge is 2.09. The molecule has 25 heavy (non-hydrogen) atoms. The van der Waals surface area contributed by atoms with Crippen LogP contribution < -0.4 is 10.2 Å². The summed E-state index contributed by atoms with van der Waals surface area (Å²) in [5.41, 5.74) is 3.10. The first kappa shape index (κ1) is 17.0. The molecule has 1 N–H and O–H groups in total. The molecule has 0 saturated carbocycles. The number of anilines is 1. The Hall–Kier alpha value is -2.89. The predicted octanol–water partition coefficient (Wildman–Crippen LogP) is 2.51. The Labute approximate surface area is 147 Å². The molecule has 0 bridgehead atoms. The summed E-state index contributed by atoms with van der Waals surface area (Å²) in [5.74, 6) is 0.899. The molecule has 0 spiro atoms. The molecular formula is C19H23N5O. The summed E-state index contributed by atoms with van der Waals surface area (Å²) in [6.07, 6.45) is 4.14. The molecule has 0 unspecified atom stereocenters. The maximum atomic E-state index is 12.2. The van der Waals surface area contributed by atoms with E-state index in [0.717, 1.165) is 27.8 Å². The lowest BCUT2D eigenvalue weighted by Crippen LogP contribution is -2.24. The van der Waals surface area contributed by atoms with E-state index in [0.29, 0.717) is 19.5 Å². The predicted molar refractivity (Wildman–Crippen MR) is 99.5 cm³/mol. The van der Waals surface area contributed by atoms with Crippen molar-refractivity contribution in [3.8, 4) is 0 Å². The summed E-state index contributed by atoms with van der Waals surface area (Å²) in [7, 11) is 3.93. The minimum atomic E-state index is 0.0143.